The zero-order valence-corrected chi connectivity index (χ0v) is 14.2. The summed E-state index contributed by atoms with van der Waals surface area (Å²) in [4.78, 5) is 13.7. The van der Waals surface area contributed by atoms with Gasteiger partial charge in [-0.05, 0) is 17.1 Å². The molecule has 0 radical (unpaired) electrons. The molecule has 1 aromatic heterocycles. The van der Waals surface area contributed by atoms with Gasteiger partial charge in [-0.25, -0.2) is 0 Å². The van der Waals surface area contributed by atoms with Crippen molar-refractivity contribution in [2.75, 3.05) is 0 Å². The van der Waals surface area contributed by atoms with Crippen LogP contribution >= 0.6 is 11.5 Å². The van der Waals surface area contributed by atoms with Crippen LogP contribution in [0.2, 0.25) is 0 Å². The van der Waals surface area contributed by atoms with Crippen LogP contribution in [0.4, 0.5) is 0 Å². The van der Waals surface area contributed by atoms with Crippen LogP contribution in [0.1, 0.15) is 15.2 Å². The van der Waals surface area contributed by atoms with Crippen molar-refractivity contribution < 1.29 is 4.79 Å². The highest BCUT2D eigenvalue weighted by atomic mass is 32.1. The zero-order chi connectivity index (χ0) is 17.1. The Morgan fingerprint density at radius 3 is 1.80 bits per heavy atom. The van der Waals surface area contributed by atoms with E-state index in [9.17, 15) is 4.79 Å². The fourth-order valence-corrected chi connectivity index (χ4v) is 3.72. The van der Waals surface area contributed by atoms with Crippen molar-refractivity contribution in [1.82, 2.24) is 4.37 Å². The van der Waals surface area contributed by atoms with Gasteiger partial charge in [-0.3, -0.25) is 4.79 Å². The largest absolute Gasteiger partial charge is 0.288 e. The molecule has 3 aromatic carbocycles. The van der Waals surface area contributed by atoms with Crippen LogP contribution in [0.3, 0.4) is 0 Å². The van der Waals surface area contributed by atoms with Crippen molar-refractivity contribution in [2.24, 2.45) is 0 Å². The summed E-state index contributed by atoms with van der Waals surface area (Å²) in [6.07, 6.45) is 0. The molecule has 120 valence electrons. The predicted octanol–water partition coefficient (Wildman–Crippen LogP) is 5.71. The fourth-order valence-electron chi connectivity index (χ4n) is 2.83. The van der Waals surface area contributed by atoms with Gasteiger partial charge in [0.15, 0.2) is 0 Å². The first kappa shape index (κ1) is 15.5. The van der Waals surface area contributed by atoms with Gasteiger partial charge in [-0.1, -0.05) is 91.0 Å². The highest BCUT2D eigenvalue weighted by Gasteiger charge is 2.22. The average molecular weight is 341 g/mol. The lowest BCUT2D eigenvalue weighted by molar-refractivity contribution is 0.104. The van der Waals surface area contributed by atoms with Gasteiger partial charge in [0, 0.05) is 16.7 Å². The Bertz CT molecular complexity index is 992. The summed E-state index contributed by atoms with van der Waals surface area (Å²) in [5.41, 5.74) is 4.48. The smallest absolute Gasteiger partial charge is 0.205 e. The van der Waals surface area contributed by atoms with Gasteiger partial charge in [0.1, 0.15) is 4.88 Å². The SMILES string of the molecule is O=C(c1ccccc1)c1snc(-c2ccccc2)c1-c1ccccc1. The van der Waals surface area contributed by atoms with Crippen molar-refractivity contribution in [3.63, 3.8) is 0 Å². The maximum atomic E-state index is 13.1. The van der Waals surface area contributed by atoms with Gasteiger partial charge in [0.05, 0.1) is 5.69 Å². The molecule has 2 nitrogen and oxygen atoms in total. The normalized spacial score (nSPS) is 10.6. The third-order valence-corrected chi connectivity index (χ3v) is 4.89. The van der Waals surface area contributed by atoms with E-state index in [2.05, 4.69) is 4.37 Å². The number of carbonyl (C=O) groups excluding carboxylic acids is 1. The van der Waals surface area contributed by atoms with E-state index >= 15 is 0 Å². The summed E-state index contributed by atoms with van der Waals surface area (Å²) in [7, 11) is 0. The molecule has 0 spiro atoms. The van der Waals surface area contributed by atoms with E-state index in [1.165, 1.54) is 11.5 Å². The van der Waals surface area contributed by atoms with E-state index in [0.717, 1.165) is 22.4 Å². The standard InChI is InChI=1S/C22H15NOS/c24-21(18-14-8-3-9-15-18)22-19(16-10-4-1-5-11-16)20(23-25-22)17-12-6-2-7-13-17/h1-15H. The topological polar surface area (TPSA) is 30.0 Å². The van der Waals surface area contributed by atoms with E-state index in [-0.39, 0.29) is 5.78 Å². The molecule has 1 heterocycles. The Morgan fingerprint density at radius 2 is 1.20 bits per heavy atom. The summed E-state index contributed by atoms with van der Waals surface area (Å²) >= 11 is 1.27. The molecule has 0 aliphatic carbocycles. The molecule has 0 atom stereocenters. The molecule has 0 N–H and O–H groups in total. The van der Waals surface area contributed by atoms with Gasteiger partial charge >= 0.3 is 0 Å². The fraction of sp³-hybridized carbons (Fsp3) is 0. The third kappa shape index (κ3) is 3.02. The summed E-state index contributed by atoms with van der Waals surface area (Å²) in [5.74, 6) is 0.0131. The second kappa shape index (κ2) is 6.83. The maximum Gasteiger partial charge on any atom is 0.205 e. The molecule has 3 heteroatoms. The molecule has 0 amide bonds. The monoisotopic (exact) mass is 341 g/mol. The van der Waals surface area contributed by atoms with Crippen molar-refractivity contribution in [3.05, 3.63) is 101 Å². The summed E-state index contributed by atoms with van der Waals surface area (Å²) in [6.45, 7) is 0. The van der Waals surface area contributed by atoms with Crippen molar-refractivity contribution >= 4 is 17.3 Å². The number of carbonyl (C=O) groups is 1. The summed E-state index contributed by atoms with van der Waals surface area (Å²) in [6, 6.07) is 29.4. The minimum atomic E-state index is 0.0131. The Hall–Kier alpha value is -3.04. The minimum Gasteiger partial charge on any atom is -0.288 e. The second-order valence-electron chi connectivity index (χ2n) is 5.66. The Morgan fingerprint density at radius 1 is 0.680 bits per heavy atom. The first-order valence-corrected chi connectivity index (χ1v) is 8.82. The molecule has 0 aliphatic rings. The maximum absolute atomic E-state index is 13.1. The molecule has 4 rings (SSSR count). The van der Waals surface area contributed by atoms with Crippen LogP contribution in [0.5, 0.6) is 0 Å². The number of benzene rings is 3. The average Bonchev–Trinajstić information content (AvgIpc) is 3.14. The molecule has 0 saturated carbocycles. The van der Waals surface area contributed by atoms with Crippen molar-refractivity contribution in [1.29, 1.82) is 0 Å². The minimum absolute atomic E-state index is 0.0131. The Labute approximate surface area is 150 Å². The molecule has 0 unspecified atom stereocenters. The number of aromatic nitrogens is 1. The van der Waals surface area contributed by atoms with E-state index in [0.29, 0.717) is 10.4 Å². The molecule has 0 fully saturated rings. The van der Waals surface area contributed by atoms with Crippen LogP contribution in [0.25, 0.3) is 22.4 Å². The number of ketones is 1. The molecule has 0 aliphatic heterocycles. The van der Waals surface area contributed by atoms with Gasteiger partial charge in [0.25, 0.3) is 0 Å². The van der Waals surface area contributed by atoms with Crippen molar-refractivity contribution in [2.45, 2.75) is 0 Å². The van der Waals surface area contributed by atoms with Crippen molar-refractivity contribution in [3.8, 4) is 22.4 Å². The molecule has 25 heavy (non-hydrogen) atoms. The lowest BCUT2D eigenvalue weighted by Crippen LogP contribution is -2.00. The first-order valence-electron chi connectivity index (χ1n) is 8.05. The number of nitrogens with zero attached hydrogens (tertiary/aromatic N) is 1. The van der Waals surface area contributed by atoms with Crippen LogP contribution in [-0.4, -0.2) is 10.2 Å². The first-order chi connectivity index (χ1) is 12.3. The van der Waals surface area contributed by atoms with Crippen LogP contribution < -0.4 is 0 Å². The van der Waals surface area contributed by atoms with Gasteiger partial charge in [-0.15, -0.1) is 0 Å². The number of rotatable bonds is 4. The molecule has 0 bridgehead atoms. The molecular formula is C22H15NOS. The van der Waals surface area contributed by atoms with Crippen LogP contribution in [0.15, 0.2) is 91.0 Å². The highest BCUT2D eigenvalue weighted by molar-refractivity contribution is 7.09. The van der Waals surface area contributed by atoms with E-state index in [1.54, 1.807) is 0 Å². The number of hydrogen-bond acceptors (Lipinski definition) is 3. The second-order valence-corrected chi connectivity index (χ2v) is 6.44. The Balaban J connectivity index is 1.91. The lowest BCUT2D eigenvalue weighted by atomic mass is 9.96. The van der Waals surface area contributed by atoms with E-state index in [4.69, 9.17) is 0 Å². The quantitative estimate of drug-likeness (QED) is 0.445. The summed E-state index contributed by atoms with van der Waals surface area (Å²) < 4.78 is 4.63. The third-order valence-electron chi connectivity index (χ3n) is 4.04. The molecule has 0 saturated heterocycles. The van der Waals surface area contributed by atoms with E-state index in [1.807, 2.05) is 91.0 Å². The van der Waals surface area contributed by atoms with Crippen LogP contribution in [0, 0.1) is 0 Å². The zero-order valence-electron chi connectivity index (χ0n) is 13.4. The lowest BCUT2D eigenvalue weighted by Gasteiger charge is -2.06. The highest BCUT2D eigenvalue weighted by Crippen LogP contribution is 2.37. The predicted molar refractivity (Wildman–Crippen MR) is 103 cm³/mol. The molecule has 4 aromatic rings. The summed E-state index contributed by atoms with van der Waals surface area (Å²) in [5, 5.41) is 0. The van der Waals surface area contributed by atoms with Gasteiger partial charge in [-0.2, -0.15) is 4.37 Å². The van der Waals surface area contributed by atoms with Gasteiger partial charge in [0.2, 0.25) is 5.78 Å². The Kier molecular flexibility index (Phi) is 4.23. The van der Waals surface area contributed by atoms with Gasteiger partial charge < -0.3 is 0 Å². The van der Waals surface area contributed by atoms with Crippen LogP contribution in [-0.2, 0) is 0 Å². The van der Waals surface area contributed by atoms with E-state index < -0.39 is 0 Å². The number of hydrogen-bond donors (Lipinski definition) is 0. The molecular weight excluding hydrogens is 326 g/mol.